The molecule has 0 saturated carbocycles. The SMILES string of the molecule is COc1ccc(C(C)NC(=O)CCc2c(C)nc3cc(C)nn3c2C)cc1F. The van der Waals surface area contributed by atoms with E-state index in [1.54, 1.807) is 12.1 Å². The summed E-state index contributed by atoms with van der Waals surface area (Å²) < 4.78 is 20.6. The third-order valence-electron chi connectivity index (χ3n) is 4.94. The molecule has 0 fully saturated rings. The first-order valence-corrected chi connectivity index (χ1v) is 9.25. The molecule has 6 nitrogen and oxygen atoms in total. The lowest BCUT2D eigenvalue weighted by atomic mass is 10.0. The first-order valence-electron chi connectivity index (χ1n) is 9.25. The Morgan fingerprint density at radius 2 is 2.04 bits per heavy atom. The number of carbonyl (C=O) groups excluding carboxylic acids is 1. The number of fused-ring (bicyclic) bond motifs is 1. The molecule has 1 atom stereocenters. The standard InChI is InChI=1S/C21H25FN4O2/c1-12-10-20-23-14(3)17(15(4)26(20)25-12)7-9-21(27)24-13(2)16-6-8-19(28-5)18(22)11-16/h6,8,10-11,13H,7,9H2,1-5H3,(H,24,27). The third-order valence-corrected chi connectivity index (χ3v) is 4.94. The number of nitrogens with one attached hydrogen (secondary N) is 1. The predicted octanol–water partition coefficient (Wildman–Crippen LogP) is 3.61. The van der Waals surface area contributed by atoms with Gasteiger partial charge in [-0.1, -0.05) is 6.07 Å². The van der Waals surface area contributed by atoms with Gasteiger partial charge in [0.2, 0.25) is 5.91 Å². The molecule has 0 bridgehead atoms. The van der Waals surface area contributed by atoms with Gasteiger partial charge in [-0.2, -0.15) is 5.10 Å². The van der Waals surface area contributed by atoms with Crippen molar-refractivity contribution in [2.45, 2.75) is 46.6 Å². The van der Waals surface area contributed by atoms with Crippen molar-refractivity contribution < 1.29 is 13.9 Å². The number of benzene rings is 1. The normalized spacial score (nSPS) is 12.2. The van der Waals surface area contributed by atoms with E-state index in [-0.39, 0.29) is 17.7 Å². The molecule has 1 N–H and O–H groups in total. The smallest absolute Gasteiger partial charge is 0.220 e. The van der Waals surface area contributed by atoms with Crippen LogP contribution in [0.3, 0.4) is 0 Å². The van der Waals surface area contributed by atoms with Crippen molar-refractivity contribution in [1.29, 1.82) is 0 Å². The summed E-state index contributed by atoms with van der Waals surface area (Å²) in [6.07, 6.45) is 0.882. The van der Waals surface area contributed by atoms with Gasteiger partial charge in [0.25, 0.3) is 0 Å². The van der Waals surface area contributed by atoms with Crippen molar-refractivity contribution in [3.8, 4) is 5.75 Å². The van der Waals surface area contributed by atoms with Gasteiger partial charge in [-0.25, -0.2) is 13.9 Å². The molecule has 2 heterocycles. The van der Waals surface area contributed by atoms with E-state index in [1.807, 2.05) is 38.3 Å². The maximum absolute atomic E-state index is 13.9. The van der Waals surface area contributed by atoms with Gasteiger partial charge in [0.05, 0.1) is 18.8 Å². The van der Waals surface area contributed by atoms with Crippen LogP contribution in [0.1, 0.15) is 47.6 Å². The van der Waals surface area contributed by atoms with E-state index in [0.29, 0.717) is 18.4 Å². The second-order valence-electron chi connectivity index (χ2n) is 7.00. The van der Waals surface area contributed by atoms with E-state index in [4.69, 9.17) is 4.74 Å². The van der Waals surface area contributed by atoms with Crippen molar-refractivity contribution in [3.05, 3.63) is 58.3 Å². The van der Waals surface area contributed by atoms with Crippen LogP contribution in [0.15, 0.2) is 24.3 Å². The summed E-state index contributed by atoms with van der Waals surface area (Å²) in [5.74, 6) is -0.356. The van der Waals surface area contributed by atoms with Crippen LogP contribution < -0.4 is 10.1 Å². The monoisotopic (exact) mass is 384 g/mol. The molecule has 1 amide bonds. The van der Waals surface area contributed by atoms with Crippen molar-refractivity contribution in [2.75, 3.05) is 7.11 Å². The summed E-state index contributed by atoms with van der Waals surface area (Å²) in [6.45, 7) is 7.70. The molecule has 7 heteroatoms. The zero-order chi connectivity index (χ0) is 20.4. The molecule has 0 aliphatic carbocycles. The summed E-state index contributed by atoms with van der Waals surface area (Å²) in [5, 5.41) is 7.38. The molecule has 2 aromatic heterocycles. The average Bonchev–Trinajstić information content (AvgIpc) is 3.01. The van der Waals surface area contributed by atoms with Crippen LogP contribution in [0.2, 0.25) is 0 Å². The number of halogens is 1. The molecule has 28 heavy (non-hydrogen) atoms. The molecular formula is C21H25FN4O2. The van der Waals surface area contributed by atoms with E-state index >= 15 is 0 Å². The van der Waals surface area contributed by atoms with Gasteiger partial charge in [0.1, 0.15) is 0 Å². The molecule has 3 rings (SSSR count). The number of nitrogens with zero attached hydrogens (tertiary/aromatic N) is 3. The first-order chi connectivity index (χ1) is 13.3. The van der Waals surface area contributed by atoms with E-state index in [9.17, 15) is 9.18 Å². The molecule has 0 spiro atoms. The fraction of sp³-hybridized carbons (Fsp3) is 0.381. The summed E-state index contributed by atoms with van der Waals surface area (Å²) in [4.78, 5) is 17.0. The highest BCUT2D eigenvalue weighted by Crippen LogP contribution is 2.22. The molecule has 148 valence electrons. The van der Waals surface area contributed by atoms with Gasteiger partial charge >= 0.3 is 0 Å². The number of methoxy groups -OCH3 is 1. The quantitative estimate of drug-likeness (QED) is 0.705. The highest BCUT2D eigenvalue weighted by atomic mass is 19.1. The van der Waals surface area contributed by atoms with Crippen LogP contribution in [0, 0.1) is 26.6 Å². The Balaban J connectivity index is 1.67. The third kappa shape index (κ3) is 3.98. The van der Waals surface area contributed by atoms with E-state index in [0.717, 1.165) is 28.3 Å². The molecule has 1 aromatic carbocycles. The van der Waals surface area contributed by atoms with Gasteiger partial charge in [-0.15, -0.1) is 0 Å². The zero-order valence-electron chi connectivity index (χ0n) is 16.8. The highest BCUT2D eigenvalue weighted by Gasteiger charge is 2.15. The fourth-order valence-electron chi connectivity index (χ4n) is 3.39. The predicted molar refractivity (Wildman–Crippen MR) is 105 cm³/mol. The second kappa shape index (κ2) is 7.96. The van der Waals surface area contributed by atoms with Gasteiger partial charge < -0.3 is 10.1 Å². The van der Waals surface area contributed by atoms with Gasteiger partial charge in [-0.05, 0) is 57.4 Å². The lowest BCUT2D eigenvalue weighted by molar-refractivity contribution is -0.121. The molecular weight excluding hydrogens is 359 g/mol. The van der Waals surface area contributed by atoms with Gasteiger partial charge in [-0.3, -0.25) is 4.79 Å². The maximum Gasteiger partial charge on any atom is 0.220 e. The van der Waals surface area contributed by atoms with E-state index in [1.165, 1.54) is 13.2 Å². The topological polar surface area (TPSA) is 68.5 Å². The molecule has 3 aromatic rings. The minimum absolute atomic E-state index is 0.0979. The summed E-state index contributed by atoms with van der Waals surface area (Å²) >= 11 is 0. The number of carbonyl (C=O) groups is 1. The number of amides is 1. The van der Waals surface area contributed by atoms with Gasteiger partial charge in [0, 0.05) is 23.9 Å². The van der Waals surface area contributed by atoms with Crippen molar-refractivity contribution in [1.82, 2.24) is 19.9 Å². The Bertz CT molecular complexity index is 1030. The molecule has 0 aliphatic heterocycles. The Morgan fingerprint density at radius 1 is 1.29 bits per heavy atom. The summed E-state index contributed by atoms with van der Waals surface area (Å²) in [6, 6.07) is 6.33. The van der Waals surface area contributed by atoms with E-state index in [2.05, 4.69) is 15.4 Å². The zero-order valence-corrected chi connectivity index (χ0v) is 16.8. The van der Waals surface area contributed by atoms with Crippen LogP contribution in [-0.2, 0) is 11.2 Å². The van der Waals surface area contributed by atoms with Crippen LogP contribution in [0.25, 0.3) is 5.65 Å². The van der Waals surface area contributed by atoms with Crippen LogP contribution in [0.5, 0.6) is 5.75 Å². The molecule has 0 saturated heterocycles. The molecule has 1 unspecified atom stereocenters. The number of ether oxygens (including phenoxy) is 1. The number of hydrogen-bond acceptors (Lipinski definition) is 4. The Labute approximate surface area is 163 Å². The second-order valence-corrected chi connectivity index (χ2v) is 7.00. The first kappa shape index (κ1) is 19.8. The summed E-state index contributed by atoms with van der Waals surface area (Å²) in [7, 11) is 1.42. The molecule has 0 radical (unpaired) electrons. The Hall–Kier alpha value is -2.96. The number of aryl methyl sites for hydroxylation is 3. The maximum atomic E-state index is 13.9. The van der Waals surface area contributed by atoms with Crippen LogP contribution in [0.4, 0.5) is 4.39 Å². The summed E-state index contributed by atoms with van der Waals surface area (Å²) in [5.41, 5.74) is 5.33. The Kier molecular flexibility index (Phi) is 5.63. The van der Waals surface area contributed by atoms with Crippen molar-refractivity contribution in [2.24, 2.45) is 0 Å². The fourth-order valence-corrected chi connectivity index (χ4v) is 3.39. The van der Waals surface area contributed by atoms with Crippen molar-refractivity contribution >= 4 is 11.6 Å². The number of rotatable bonds is 6. The lowest BCUT2D eigenvalue weighted by Crippen LogP contribution is -2.27. The number of aromatic nitrogens is 3. The van der Waals surface area contributed by atoms with E-state index < -0.39 is 5.82 Å². The van der Waals surface area contributed by atoms with Gasteiger partial charge in [0.15, 0.2) is 17.2 Å². The van der Waals surface area contributed by atoms with Crippen LogP contribution in [-0.4, -0.2) is 27.6 Å². The van der Waals surface area contributed by atoms with Crippen LogP contribution >= 0.6 is 0 Å². The van der Waals surface area contributed by atoms with Crippen molar-refractivity contribution in [3.63, 3.8) is 0 Å². The highest BCUT2D eigenvalue weighted by molar-refractivity contribution is 5.76. The Morgan fingerprint density at radius 3 is 2.71 bits per heavy atom. The minimum Gasteiger partial charge on any atom is -0.494 e. The lowest BCUT2D eigenvalue weighted by Gasteiger charge is -2.16. The minimum atomic E-state index is -0.443. The average molecular weight is 384 g/mol. The largest absolute Gasteiger partial charge is 0.494 e. The number of hydrogen-bond donors (Lipinski definition) is 1. The molecule has 0 aliphatic rings.